The molecule has 1 unspecified atom stereocenters. The van der Waals surface area contributed by atoms with Crippen LogP contribution in [0.1, 0.15) is 38.3 Å². The zero-order chi connectivity index (χ0) is 32.9. The normalized spacial score (nSPS) is 12.8. The van der Waals surface area contributed by atoms with Crippen LogP contribution in [0.3, 0.4) is 0 Å². The number of fused-ring (bicyclic) bond motifs is 1. The van der Waals surface area contributed by atoms with Gasteiger partial charge in [-0.15, -0.1) is 0 Å². The van der Waals surface area contributed by atoms with Crippen LogP contribution in [-0.2, 0) is 41.7 Å². The first-order valence-corrected chi connectivity index (χ1v) is 14.6. The molecule has 0 heterocycles. The first-order valence-electron chi connectivity index (χ1n) is 14.6. The summed E-state index contributed by atoms with van der Waals surface area (Å²) in [6.07, 6.45) is -0.426. The Kier molecular flexibility index (Phi) is 12.6. The second-order valence-corrected chi connectivity index (χ2v) is 11.1. The molecule has 12 heteroatoms. The number of ether oxygens (including phenoxy) is 1. The topological polar surface area (TPSA) is 186 Å². The fourth-order valence-corrected chi connectivity index (χ4v) is 4.50. The van der Waals surface area contributed by atoms with Crippen molar-refractivity contribution in [1.29, 1.82) is 0 Å². The van der Waals surface area contributed by atoms with Gasteiger partial charge in [-0.1, -0.05) is 86.6 Å². The van der Waals surface area contributed by atoms with E-state index in [4.69, 9.17) is 10.5 Å². The van der Waals surface area contributed by atoms with Crippen molar-refractivity contribution >= 4 is 46.3 Å². The number of rotatable bonds is 15. The second-order valence-electron chi connectivity index (χ2n) is 11.1. The van der Waals surface area contributed by atoms with Crippen LogP contribution in [0.4, 0.5) is 4.79 Å². The van der Waals surface area contributed by atoms with Gasteiger partial charge in [-0.05, 0) is 41.2 Å². The standard InChI is InChI=1S/C33H39N5O7/c1-20(2)15-27(38-33(44)45-19-22-9-5-4-6-10-22)31(42)36-21(3)29(40)32(43)35-18-28(39)37-26(30(34)41)17-23-13-14-24-11-7-8-12-25(24)16-23/h4-14,16,20-21,26-27H,15,17-19H2,1-3H3,(H2,34,41)(H,35,43)(H,36,42)(H,37,39)(H,38,44)/t21?,26-,27-/m0/s1. The van der Waals surface area contributed by atoms with E-state index in [1.54, 1.807) is 24.3 Å². The predicted molar refractivity (Wildman–Crippen MR) is 167 cm³/mol. The number of benzene rings is 3. The Balaban J connectivity index is 1.48. The summed E-state index contributed by atoms with van der Waals surface area (Å²) in [6, 6.07) is 19.0. The molecule has 45 heavy (non-hydrogen) atoms. The summed E-state index contributed by atoms with van der Waals surface area (Å²) < 4.78 is 5.20. The second kappa shape index (κ2) is 16.6. The minimum Gasteiger partial charge on any atom is -0.445 e. The van der Waals surface area contributed by atoms with Gasteiger partial charge in [-0.3, -0.25) is 24.0 Å². The summed E-state index contributed by atoms with van der Waals surface area (Å²) in [7, 11) is 0. The lowest BCUT2D eigenvalue weighted by molar-refractivity contribution is -0.140. The van der Waals surface area contributed by atoms with E-state index in [0.717, 1.165) is 21.9 Å². The first-order chi connectivity index (χ1) is 21.4. The highest BCUT2D eigenvalue weighted by molar-refractivity contribution is 6.38. The van der Waals surface area contributed by atoms with E-state index in [1.807, 2.05) is 62.4 Å². The monoisotopic (exact) mass is 617 g/mol. The van der Waals surface area contributed by atoms with Gasteiger partial charge in [0.2, 0.25) is 23.5 Å². The van der Waals surface area contributed by atoms with E-state index in [1.165, 1.54) is 6.92 Å². The molecule has 5 amide bonds. The number of primary amides is 1. The van der Waals surface area contributed by atoms with Crippen LogP contribution >= 0.6 is 0 Å². The summed E-state index contributed by atoms with van der Waals surface area (Å²) in [5.74, 6) is -4.28. The maximum absolute atomic E-state index is 12.9. The molecule has 0 aliphatic rings. The van der Waals surface area contributed by atoms with Crippen LogP contribution in [0.15, 0.2) is 72.8 Å². The third-order valence-corrected chi connectivity index (χ3v) is 6.85. The van der Waals surface area contributed by atoms with Crippen molar-refractivity contribution < 1.29 is 33.5 Å². The number of carbonyl (C=O) groups excluding carboxylic acids is 6. The van der Waals surface area contributed by atoms with Crippen LogP contribution in [0.2, 0.25) is 0 Å². The zero-order valence-electron chi connectivity index (χ0n) is 25.5. The van der Waals surface area contributed by atoms with E-state index in [0.29, 0.717) is 0 Å². The van der Waals surface area contributed by atoms with Crippen molar-refractivity contribution in [2.24, 2.45) is 11.7 Å². The van der Waals surface area contributed by atoms with Gasteiger partial charge in [-0.25, -0.2) is 4.79 Å². The maximum atomic E-state index is 12.9. The molecule has 0 aliphatic heterocycles. The number of carbonyl (C=O) groups is 6. The number of hydrogen-bond donors (Lipinski definition) is 5. The van der Waals surface area contributed by atoms with Gasteiger partial charge in [-0.2, -0.15) is 0 Å². The Hall–Kier alpha value is -5.26. The number of hydrogen-bond acceptors (Lipinski definition) is 7. The van der Waals surface area contributed by atoms with Gasteiger partial charge in [0.25, 0.3) is 5.91 Å². The Morgan fingerprint density at radius 1 is 0.756 bits per heavy atom. The molecule has 0 spiro atoms. The number of ketones is 1. The minimum atomic E-state index is -1.26. The third-order valence-electron chi connectivity index (χ3n) is 6.85. The molecule has 3 aromatic rings. The van der Waals surface area contributed by atoms with Crippen LogP contribution < -0.4 is 27.0 Å². The van der Waals surface area contributed by atoms with Gasteiger partial charge in [0.1, 0.15) is 18.7 Å². The fraction of sp³-hybridized carbons (Fsp3) is 0.333. The molecular weight excluding hydrogens is 578 g/mol. The molecule has 0 aromatic heterocycles. The van der Waals surface area contributed by atoms with Crippen LogP contribution in [0.5, 0.6) is 0 Å². The molecule has 3 atom stereocenters. The molecule has 0 saturated carbocycles. The average Bonchev–Trinajstić information content (AvgIpc) is 3.01. The number of amides is 5. The van der Waals surface area contributed by atoms with Crippen molar-refractivity contribution in [2.75, 3.05) is 6.54 Å². The van der Waals surface area contributed by atoms with E-state index >= 15 is 0 Å². The minimum absolute atomic E-state index is 0.00783. The molecule has 12 nitrogen and oxygen atoms in total. The highest BCUT2D eigenvalue weighted by atomic mass is 16.5. The lowest BCUT2D eigenvalue weighted by Gasteiger charge is -2.22. The number of nitrogens with one attached hydrogen (secondary N) is 4. The Bertz CT molecular complexity index is 1530. The molecule has 0 radical (unpaired) electrons. The van der Waals surface area contributed by atoms with Crippen LogP contribution in [0, 0.1) is 5.92 Å². The quantitative estimate of drug-likeness (QED) is 0.161. The average molecular weight is 618 g/mol. The van der Waals surface area contributed by atoms with E-state index in [2.05, 4.69) is 21.3 Å². The largest absolute Gasteiger partial charge is 0.445 e. The molecule has 6 N–H and O–H groups in total. The lowest BCUT2D eigenvalue weighted by Crippen LogP contribution is -2.54. The van der Waals surface area contributed by atoms with Crippen molar-refractivity contribution in [1.82, 2.24) is 21.3 Å². The molecule has 0 fully saturated rings. The van der Waals surface area contributed by atoms with E-state index in [9.17, 15) is 28.8 Å². The van der Waals surface area contributed by atoms with Crippen molar-refractivity contribution in [3.05, 3.63) is 83.9 Å². The van der Waals surface area contributed by atoms with Crippen molar-refractivity contribution in [3.63, 3.8) is 0 Å². The maximum Gasteiger partial charge on any atom is 0.408 e. The van der Waals surface area contributed by atoms with Gasteiger partial charge < -0.3 is 31.7 Å². The fourth-order valence-electron chi connectivity index (χ4n) is 4.50. The first kappa shape index (κ1) is 34.2. The van der Waals surface area contributed by atoms with E-state index < -0.39 is 60.2 Å². The SMILES string of the molecule is CC(C)C[C@H](NC(=O)OCc1ccccc1)C(=O)NC(C)C(=O)C(=O)NCC(=O)N[C@@H](Cc1ccc2ccccc2c1)C(N)=O. The number of nitrogens with two attached hydrogens (primary N) is 1. The van der Waals surface area contributed by atoms with Crippen LogP contribution in [-0.4, -0.2) is 60.2 Å². The highest BCUT2D eigenvalue weighted by Gasteiger charge is 2.29. The summed E-state index contributed by atoms with van der Waals surface area (Å²) in [5, 5.41) is 11.6. The molecular formula is C33H39N5O7. The van der Waals surface area contributed by atoms with Gasteiger partial charge in [0, 0.05) is 6.42 Å². The predicted octanol–water partition coefficient (Wildman–Crippen LogP) is 1.88. The summed E-state index contributed by atoms with van der Waals surface area (Å²) >= 11 is 0. The number of Topliss-reactive ketones (excluding diaryl/α,β-unsaturated/α-hetero) is 1. The summed E-state index contributed by atoms with van der Waals surface area (Å²) in [5.41, 5.74) is 7.04. The third kappa shape index (κ3) is 11.1. The van der Waals surface area contributed by atoms with Crippen LogP contribution in [0.25, 0.3) is 10.8 Å². The Morgan fingerprint density at radius 3 is 2.09 bits per heavy atom. The lowest BCUT2D eigenvalue weighted by atomic mass is 10.0. The van der Waals surface area contributed by atoms with Gasteiger partial charge >= 0.3 is 6.09 Å². The summed E-state index contributed by atoms with van der Waals surface area (Å²) in [4.78, 5) is 74.9. The number of alkyl carbamates (subject to hydrolysis) is 1. The highest BCUT2D eigenvalue weighted by Crippen LogP contribution is 2.16. The molecule has 3 rings (SSSR count). The van der Waals surface area contributed by atoms with Crippen molar-refractivity contribution in [2.45, 2.75) is 58.3 Å². The molecule has 0 aliphatic carbocycles. The Labute approximate surface area is 261 Å². The molecule has 0 saturated heterocycles. The molecule has 3 aromatic carbocycles. The smallest absolute Gasteiger partial charge is 0.408 e. The molecule has 0 bridgehead atoms. The van der Waals surface area contributed by atoms with Gasteiger partial charge in [0.05, 0.1) is 12.6 Å². The molecule has 238 valence electrons. The zero-order valence-corrected chi connectivity index (χ0v) is 25.5. The van der Waals surface area contributed by atoms with E-state index in [-0.39, 0.29) is 25.4 Å². The van der Waals surface area contributed by atoms with Crippen molar-refractivity contribution in [3.8, 4) is 0 Å². The van der Waals surface area contributed by atoms with Gasteiger partial charge in [0.15, 0.2) is 0 Å². The summed E-state index contributed by atoms with van der Waals surface area (Å²) in [6.45, 7) is 4.43. The Morgan fingerprint density at radius 2 is 1.42 bits per heavy atom.